The first kappa shape index (κ1) is 17.6. The molecular weight excluding hydrogens is 336 g/mol. The summed E-state index contributed by atoms with van der Waals surface area (Å²) in [5.74, 6) is 1.56. The van der Waals surface area contributed by atoms with E-state index in [1.54, 1.807) is 0 Å². The Hall–Kier alpha value is -1.79. The van der Waals surface area contributed by atoms with E-state index < -0.39 is 0 Å². The van der Waals surface area contributed by atoms with Crippen LogP contribution in [0.25, 0.3) is 10.8 Å². The number of benzene rings is 3. The first-order valence-electron chi connectivity index (χ1n) is 10.0. The quantitative estimate of drug-likeness (QED) is 0.441. The van der Waals surface area contributed by atoms with E-state index in [1.165, 1.54) is 60.4 Å². The van der Waals surface area contributed by atoms with Crippen molar-refractivity contribution in [2.75, 3.05) is 0 Å². The summed E-state index contributed by atoms with van der Waals surface area (Å²) >= 11 is 6.09. The average Bonchev–Trinajstić information content (AvgIpc) is 2.70. The lowest BCUT2D eigenvalue weighted by molar-refractivity contribution is 0.245. The van der Waals surface area contributed by atoms with Crippen molar-refractivity contribution in [3.63, 3.8) is 0 Å². The molecule has 134 valence electrons. The molecule has 1 unspecified atom stereocenters. The lowest BCUT2D eigenvalue weighted by Gasteiger charge is -2.31. The summed E-state index contributed by atoms with van der Waals surface area (Å²) in [4.78, 5) is 0. The standard InChI is InChI=1S/C25H27Cl/c26-24-15-13-19(14-16-24)17-23(20-7-2-1-3-8-20)18-22-11-6-10-21-9-4-5-12-25(21)22/h4-6,9-16,20,23H,1-3,7-8,17-18H2. The molecule has 0 saturated heterocycles. The molecule has 0 N–H and O–H groups in total. The second-order valence-corrected chi connectivity index (χ2v) is 8.27. The largest absolute Gasteiger partial charge is 0.0843 e. The molecule has 1 aliphatic carbocycles. The minimum atomic E-state index is 0.710. The third kappa shape index (κ3) is 4.13. The molecule has 0 bridgehead atoms. The maximum Gasteiger partial charge on any atom is 0.0406 e. The van der Waals surface area contributed by atoms with Crippen molar-refractivity contribution in [1.82, 2.24) is 0 Å². The van der Waals surface area contributed by atoms with Crippen LogP contribution >= 0.6 is 11.6 Å². The second kappa shape index (κ2) is 8.27. The Morgan fingerprint density at radius 3 is 2.31 bits per heavy atom. The fourth-order valence-corrected chi connectivity index (χ4v) is 4.81. The van der Waals surface area contributed by atoms with Crippen LogP contribution in [0.4, 0.5) is 0 Å². The first-order valence-corrected chi connectivity index (χ1v) is 10.4. The van der Waals surface area contributed by atoms with Crippen LogP contribution in [0.3, 0.4) is 0 Å². The van der Waals surface area contributed by atoms with E-state index in [-0.39, 0.29) is 0 Å². The van der Waals surface area contributed by atoms with Gasteiger partial charge in [-0.1, -0.05) is 98.3 Å². The lowest BCUT2D eigenvalue weighted by atomic mass is 9.74. The maximum absolute atomic E-state index is 6.09. The monoisotopic (exact) mass is 362 g/mol. The van der Waals surface area contributed by atoms with Gasteiger partial charge >= 0.3 is 0 Å². The SMILES string of the molecule is Clc1ccc(CC(Cc2cccc3ccccc23)C2CCCCC2)cc1. The first-order chi connectivity index (χ1) is 12.8. The molecule has 1 saturated carbocycles. The van der Waals surface area contributed by atoms with Crippen LogP contribution in [0.2, 0.25) is 5.02 Å². The molecule has 26 heavy (non-hydrogen) atoms. The van der Waals surface area contributed by atoms with Gasteiger partial charge in [0.2, 0.25) is 0 Å². The van der Waals surface area contributed by atoms with Gasteiger partial charge in [0.05, 0.1) is 0 Å². The molecule has 0 aromatic heterocycles. The number of halogens is 1. The predicted octanol–water partition coefficient (Wildman–Crippen LogP) is 7.47. The Kier molecular flexibility index (Phi) is 5.60. The molecule has 1 fully saturated rings. The van der Waals surface area contributed by atoms with Gasteiger partial charge in [-0.05, 0) is 58.7 Å². The Labute approximate surface area is 162 Å². The molecule has 0 spiro atoms. The average molecular weight is 363 g/mol. The summed E-state index contributed by atoms with van der Waals surface area (Å²) in [5.41, 5.74) is 2.93. The summed E-state index contributed by atoms with van der Waals surface area (Å²) in [6, 6.07) is 24.1. The minimum Gasteiger partial charge on any atom is -0.0843 e. The van der Waals surface area contributed by atoms with E-state index in [4.69, 9.17) is 11.6 Å². The van der Waals surface area contributed by atoms with Crippen LogP contribution in [0.1, 0.15) is 43.2 Å². The predicted molar refractivity (Wildman–Crippen MR) is 113 cm³/mol. The van der Waals surface area contributed by atoms with Gasteiger partial charge in [-0.2, -0.15) is 0 Å². The lowest BCUT2D eigenvalue weighted by Crippen LogP contribution is -2.22. The van der Waals surface area contributed by atoms with E-state index >= 15 is 0 Å². The summed E-state index contributed by atoms with van der Waals surface area (Å²) in [5, 5.41) is 3.61. The van der Waals surface area contributed by atoms with E-state index in [0.29, 0.717) is 5.92 Å². The minimum absolute atomic E-state index is 0.710. The van der Waals surface area contributed by atoms with Gasteiger partial charge in [0.25, 0.3) is 0 Å². The van der Waals surface area contributed by atoms with Crippen molar-refractivity contribution in [3.05, 3.63) is 82.9 Å². The van der Waals surface area contributed by atoms with Crippen LogP contribution in [0.5, 0.6) is 0 Å². The number of rotatable bonds is 5. The van der Waals surface area contributed by atoms with Crippen molar-refractivity contribution in [3.8, 4) is 0 Å². The highest BCUT2D eigenvalue weighted by atomic mass is 35.5. The van der Waals surface area contributed by atoms with Crippen LogP contribution in [-0.2, 0) is 12.8 Å². The highest BCUT2D eigenvalue weighted by Crippen LogP contribution is 2.35. The Morgan fingerprint density at radius 1 is 0.769 bits per heavy atom. The van der Waals surface area contributed by atoms with E-state index in [2.05, 4.69) is 54.6 Å². The number of hydrogen-bond donors (Lipinski definition) is 0. The van der Waals surface area contributed by atoms with Gasteiger partial charge in [0.1, 0.15) is 0 Å². The van der Waals surface area contributed by atoms with Crippen LogP contribution in [0.15, 0.2) is 66.7 Å². The summed E-state index contributed by atoms with van der Waals surface area (Å²) < 4.78 is 0. The van der Waals surface area contributed by atoms with Gasteiger partial charge < -0.3 is 0 Å². The Balaban J connectivity index is 1.62. The zero-order valence-corrected chi connectivity index (χ0v) is 16.1. The summed E-state index contributed by atoms with van der Waals surface area (Å²) in [7, 11) is 0. The van der Waals surface area contributed by atoms with Crippen molar-refractivity contribution in [2.24, 2.45) is 11.8 Å². The Morgan fingerprint density at radius 2 is 1.50 bits per heavy atom. The van der Waals surface area contributed by atoms with Gasteiger partial charge in [0.15, 0.2) is 0 Å². The van der Waals surface area contributed by atoms with Gasteiger partial charge in [-0.3, -0.25) is 0 Å². The van der Waals surface area contributed by atoms with Gasteiger partial charge in [0, 0.05) is 5.02 Å². The van der Waals surface area contributed by atoms with Crippen molar-refractivity contribution in [2.45, 2.75) is 44.9 Å². The van der Waals surface area contributed by atoms with Crippen LogP contribution < -0.4 is 0 Å². The van der Waals surface area contributed by atoms with Gasteiger partial charge in [-0.25, -0.2) is 0 Å². The van der Waals surface area contributed by atoms with Crippen LogP contribution in [-0.4, -0.2) is 0 Å². The maximum atomic E-state index is 6.09. The van der Waals surface area contributed by atoms with Crippen molar-refractivity contribution >= 4 is 22.4 Å². The highest BCUT2D eigenvalue weighted by Gasteiger charge is 2.24. The van der Waals surface area contributed by atoms with Gasteiger partial charge in [-0.15, -0.1) is 0 Å². The summed E-state index contributed by atoms with van der Waals surface area (Å²) in [6.07, 6.45) is 9.33. The number of fused-ring (bicyclic) bond motifs is 1. The van der Waals surface area contributed by atoms with E-state index in [1.807, 2.05) is 12.1 Å². The van der Waals surface area contributed by atoms with Crippen molar-refractivity contribution < 1.29 is 0 Å². The normalized spacial score (nSPS) is 16.7. The fraction of sp³-hybridized carbons (Fsp3) is 0.360. The summed E-state index contributed by atoms with van der Waals surface area (Å²) in [6.45, 7) is 0. The molecule has 3 aromatic carbocycles. The molecule has 0 aliphatic heterocycles. The molecule has 1 heteroatoms. The molecule has 0 amide bonds. The van der Waals surface area contributed by atoms with Crippen LogP contribution in [0, 0.1) is 11.8 Å². The fourth-order valence-electron chi connectivity index (χ4n) is 4.69. The molecule has 0 nitrogen and oxygen atoms in total. The topological polar surface area (TPSA) is 0 Å². The molecule has 1 atom stereocenters. The molecular formula is C25H27Cl. The zero-order valence-electron chi connectivity index (χ0n) is 15.3. The third-order valence-electron chi connectivity index (χ3n) is 6.09. The Bertz CT molecular complexity index is 838. The third-order valence-corrected chi connectivity index (χ3v) is 6.34. The molecule has 4 rings (SSSR count). The highest BCUT2D eigenvalue weighted by molar-refractivity contribution is 6.30. The molecule has 0 radical (unpaired) electrons. The zero-order chi connectivity index (χ0) is 17.8. The second-order valence-electron chi connectivity index (χ2n) is 7.83. The number of hydrogen-bond acceptors (Lipinski definition) is 0. The molecule has 0 heterocycles. The van der Waals surface area contributed by atoms with E-state index in [0.717, 1.165) is 17.4 Å². The smallest absolute Gasteiger partial charge is 0.0406 e. The molecule has 1 aliphatic rings. The van der Waals surface area contributed by atoms with E-state index in [9.17, 15) is 0 Å². The van der Waals surface area contributed by atoms with Crippen molar-refractivity contribution in [1.29, 1.82) is 0 Å². The molecule has 3 aromatic rings.